The molecule has 2 fully saturated rings. The Balaban J connectivity index is 1.92. The van der Waals surface area contributed by atoms with Gasteiger partial charge in [-0.3, -0.25) is 14.5 Å². The van der Waals surface area contributed by atoms with Crippen molar-refractivity contribution in [3.63, 3.8) is 0 Å². The third-order valence-corrected chi connectivity index (χ3v) is 4.81. The summed E-state index contributed by atoms with van der Waals surface area (Å²) in [7, 11) is 0. The molecule has 0 unspecified atom stereocenters. The van der Waals surface area contributed by atoms with E-state index in [1.165, 1.54) is 4.90 Å². The molecule has 0 bridgehead atoms. The Labute approximate surface area is 124 Å². The van der Waals surface area contributed by atoms with E-state index in [4.69, 9.17) is 0 Å². The monoisotopic (exact) mass is 287 g/mol. The fraction of sp³-hybridized carbons (Fsp3) is 0.529. The second-order valence-electron chi connectivity index (χ2n) is 6.23. The molecule has 0 atom stereocenters. The largest absolute Gasteiger partial charge is 0.392 e. The van der Waals surface area contributed by atoms with Crippen LogP contribution in [0.4, 0.5) is 5.69 Å². The van der Waals surface area contributed by atoms with Crippen molar-refractivity contribution in [3.05, 3.63) is 29.8 Å². The van der Waals surface area contributed by atoms with Crippen LogP contribution in [0.3, 0.4) is 0 Å². The Morgan fingerprint density at radius 1 is 1.10 bits per heavy atom. The molecule has 2 aliphatic rings. The molecular weight excluding hydrogens is 266 g/mol. The van der Waals surface area contributed by atoms with Gasteiger partial charge in [0.05, 0.1) is 17.7 Å². The number of imide groups is 1. The van der Waals surface area contributed by atoms with Gasteiger partial charge in [0, 0.05) is 6.42 Å². The molecule has 1 spiro atoms. The van der Waals surface area contributed by atoms with Crippen LogP contribution in [0, 0.1) is 5.41 Å². The van der Waals surface area contributed by atoms with E-state index in [2.05, 4.69) is 0 Å². The van der Waals surface area contributed by atoms with Crippen LogP contribution in [0.1, 0.15) is 50.5 Å². The minimum absolute atomic E-state index is 0.0375. The Hall–Kier alpha value is -1.68. The van der Waals surface area contributed by atoms with Crippen LogP contribution in [-0.4, -0.2) is 16.9 Å². The normalized spacial score (nSPS) is 21.9. The molecule has 1 aromatic rings. The van der Waals surface area contributed by atoms with E-state index in [1.54, 1.807) is 24.3 Å². The Morgan fingerprint density at radius 3 is 2.48 bits per heavy atom. The molecule has 1 saturated heterocycles. The molecule has 0 radical (unpaired) electrons. The highest BCUT2D eigenvalue weighted by Crippen LogP contribution is 2.45. The fourth-order valence-electron chi connectivity index (χ4n) is 3.65. The molecule has 1 aliphatic carbocycles. The van der Waals surface area contributed by atoms with E-state index < -0.39 is 5.41 Å². The van der Waals surface area contributed by atoms with Crippen molar-refractivity contribution in [2.24, 2.45) is 5.41 Å². The Bertz CT molecular complexity index is 559. The van der Waals surface area contributed by atoms with Crippen molar-refractivity contribution in [2.45, 2.75) is 51.6 Å². The van der Waals surface area contributed by atoms with Crippen molar-refractivity contribution < 1.29 is 14.7 Å². The molecule has 4 heteroatoms. The summed E-state index contributed by atoms with van der Waals surface area (Å²) in [5.74, 6) is -0.138. The van der Waals surface area contributed by atoms with Crippen LogP contribution in [0.15, 0.2) is 24.3 Å². The van der Waals surface area contributed by atoms with Crippen molar-refractivity contribution in [2.75, 3.05) is 4.90 Å². The van der Waals surface area contributed by atoms with E-state index in [0.29, 0.717) is 12.1 Å². The number of aliphatic hydroxyl groups excluding tert-OH is 1. The van der Waals surface area contributed by atoms with Crippen molar-refractivity contribution in [1.29, 1.82) is 0 Å². The van der Waals surface area contributed by atoms with Gasteiger partial charge in [-0.2, -0.15) is 0 Å². The summed E-state index contributed by atoms with van der Waals surface area (Å²) in [4.78, 5) is 26.6. The zero-order valence-corrected chi connectivity index (χ0v) is 12.2. The van der Waals surface area contributed by atoms with Gasteiger partial charge in [-0.1, -0.05) is 37.8 Å². The molecular formula is C17H21NO3. The molecule has 1 N–H and O–H groups in total. The first-order valence-electron chi connectivity index (χ1n) is 7.73. The highest BCUT2D eigenvalue weighted by molar-refractivity contribution is 6.22. The highest BCUT2D eigenvalue weighted by Gasteiger charge is 2.51. The third-order valence-electron chi connectivity index (χ3n) is 4.81. The van der Waals surface area contributed by atoms with Crippen molar-refractivity contribution in [1.82, 2.24) is 0 Å². The molecule has 21 heavy (non-hydrogen) atoms. The summed E-state index contributed by atoms with van der Waals surface area (Å²) in [6, 6.07) is 7.06. The lowest BCUT2D eigenvalue weighted by Gasteiger charge is -2.25. The predicted molar refractivity (Wildman–Crippen MR) is 79.6 cm³/mol. The number of carbonyl (C=O) groups is 2. The number of anilines is 1. The lowest BCUT2D eigenvalue weighted by Crippen LogP contribution is -2.35. The number of rotatable bonds is 2. The quantitative estimate of drug-likeness (QED) is 0.851. The molecule has 1 saturated carbocycles. The van der Waals surface area contributed by atoms with Gasteiger partial charge < -0.3 is 5.11 Å². The number of hydrogen-bond donors (Lipinski definition) is 1. The lowest BCUT2D eigenvalue weighted by molar-refractivity contribution is -0.126. The van der Waals surface area contributed by atoms with Gasteiger partial charge >= 0.3 is 0 Å². The SMILES string of the molecule is O=C1CC2(CCCCCC2)C(=O)N1c1cccc(CO)c1. The number of nitrogens with zero attached hydrogens (tertiary/aromatic N) is 1. The van der Waals surface area contributed by atoms with Crippen molar-refractivity contribution in [3.8, 4) is 0 Å². The number of aliphatic hydroxyl groups is 1. The lowest BCUT2D eigenvalue weighted by atomic mass is 9.79. The average Bonchev–Trinajstić information content (AvgIpc) is 2.66. The van der Waals surface area contributed by atoms with E-state index in [-0.39, 0.29) is 18.4 Å². The van der Waals surface area contributed by atoms with Gasteiger partial charge in [-0.25, -0.2) is 0 Å². The molecule has 1 heterocycles. The Kier molecular flexibility index (Phi) is 3.81. The zero-order chi connectivity index (χ0) is 14.9. The van der Waals surface area contributed by atoms with Gasteiger partial charge in [-0.05, 0) is 30.5 Å². The maximum Gasteiger partial charge on any atom is 0.240 e. The first kappa shape index (κ1) is 14.3. The molecule has 1 aliphatic heterocycles. The van der Waals surface area contributed by atoms with Crippen LogP contribution < -0.4 is 4.90 Å². The van der Waals surface area contributed by atoms with Gasteiger partial charge in [0.1, 0.15) is 0 Å². The zero-order valence-electron chi connectivity index (χ0n) is 12.2. The van der Waals surface area contributed by atoms with Crippen LogP contribution in [0.25, 0.3) is 0 Å². The van der Waals surface area contributed by atoms with Gasteiger partial charge in [0.25, 0.3) is 0 Å². The van der Waals surface area contributed by atoms with Crippen LogP contribution in [-0.2, 0) is 16.2 Å². The number of carbonyl (C=O) groups excluding carboxylic acids is 2. The molecule has 1 aromatic carbocycles. The molecule has 112 valence electrons. The van der Waals surface area contributed by atoms with Crippen LogP contribution in [0.5, 0.6) is 0 Å². The number of benzene rings is 1. The standard InChI is InChI=1S/C17H21NO3/c19-12-13-6-5-7-14(10-13)18-15(20)11-17(16(18)21)8-3-1-2-4-9-17/h5-7,10,19H,1-4,8-9,11-12H2. The molecule has 0 aromatic heterocycles. The maximum absolute atomic E-state index is 12.9. The first-order valence-corrected chi connectivity index (χ1v) is 7.73. The number of amides is 2. The van der Waals surface area contributed by atoms with Crippen LogP contribution in [0.2, 0.25) is 0 Å². The van der Waals surface area contributed by atoms with Crippen molar-refractivity contribution >= 4 is 17.5 Å². The topological polar surface area (TPSA) is 57.6 Å². The summed E-state index contributed by atoms with van der Waals surface area (Å²) < 4.78 is 0. The smallest absolute Gasteiger partial charge is 0.240 e. The maximum atomic E-state index is 12.9. The first-order chi connectivity index (χ1) is 10.2. The fourth-order valence-corrected chi connectivity index (χ4v) is 3.65. The number of hydrogen-bond acceptors (Lipinski definition) is 3. The summed E-state index contributed by atoms with van der Waals surface area (Å²) >= 11 is 0. The predicted octanol–water partition coefficient (Wildman–Crippen LogP) is 2.78. The van der Waals surface area contributed by atoms with Gasteiger partial charge in [-0.15, -0.1) is 0 Å². The summed E-state index contributed by atoms with van der Waals surface area (Å²) in [5, 5.41) is 9.23. The summed E-state index contributed by atoms with van der Waals surface area (Å²) in [6.07, 6.45) is 6.37. The second kappa shape index (κ2) is 5.60. The van der Waals surface area contributed by atoms with Gasteiger partial charge in [0.2, 0.25) is 11.8 Å². The Morgan fingerprint density at radius 2 is 1.81 bits per heavy atom. The highest BCUT2D eigenvalue weighted by atomic mass is 16.3. The molecule has 3 rings (SSSR count). The van der Waals surface area contributed by atoms with E-state index >= 15 is 0 Å². The van der Waals surface area contributed by atoms with Crippen LogP contribution >= 0.6 is 0 Å². The third kappa shape index (κ3) is 2.48. The molecule has 4 nitrogen and oxygen atoms in total. The summed E-state index contributed by atoms with van der Waals surface area (Å²) in [5.41, 5.74) is 0.843. The minimum atomic E-state index is -0.469. The summed E-state index contributed by atoms with van der Waals surface area (Å²) in [6.45, 7) is -0.0881. The minimum Gasteiger partial charge on any atom is -0.392 e. The van der Waals surface area contributed by atoms with E-state index in [0.717, 1.165) is 44.1 Å². The molecule has 2 amide bonds. The van der Waals surface area contributed by atoms with E-state index in [1.807, 2.05) is 0 Å². The average molecular weight is 287 g/mol. The van der Waals surface area contributed by atoms with Gasteiger partial charge in [0.15, 0.2) is 0 Å². The second-order valence-corrected chi connectivity index (χ2v) is 6.23. The van der Waals surface area contributed by atoms with E-state index in [9.17, 15) is 14.7 Å².